The van der Waals surface area contributed by atoms with Crippen LogP contribution in [0.25, 0.3) is 122 Å². The SMILES string of the molecule is c1ccc(-c2ccc3ccccc3c2-c2cccc(-c3nc(-c4cccc5c4oc4ccccc45)nc(-c4cccc5c4oc4ccccc45)n3)c2-c2ccccc2)cc1. The van der Waals surface area contributed by atoms with E-state index >= 15 is 0 Å². The van der Waals surface area contributed by atoms with E-state index < -0.39 is 0 Å². The summed E-state index contributed by atoms with van der Waals surface area (Å²) in [6.07, 6.45) is 0. The summed E-state index contributed by atoms with van der Waals surface area (Å²) >= 11 is 0. The maximum Gasteiger partial charge on any atom is 0.167 e. The zero-order valence-electron chi connectivity index (χ0n) is 32.2. The average molecular weight is 768 g/mol. The van der Waals surface area contributed by atoms with Crippen molar-refractivity contribution >= 4 is 54.6 Å². The minimum absolute atomic E-state index is 0.507. The molecular weight excluding hydrogens is 735 g/mol. The molecule has 3 aromatic heterocycles. The number of benzene rings is 9. The van der Waals surface area contributed by atoms with E-state index in [1.807, 2.05) is 60.7 Å². The van der Waals surface area contributed by atoms with Crippen LogP contribution >= 0.6 is 0 Å². The lowest BCUT2D eigenvalue weighted by atomic mass is 9.84. The van der Waals surface area contributed by atoms with Gasteiger partial charge in [-0.1, -0.05) is 176 Å². The van der Waals surface area contributed by atoms with Crippen molar-refractivity contribution < 1.29 is 8.83 Å². The molecule has 12 rings (SSSR count). The summed E-state index contributed by atoms with van der Waals surface area (Å²) in [6, 6.07) is 69.4. The molecule has 5 nitrogen and oxygen atoms in total. The lowest BCUT2D eigenvalue weighted by Gasteiger charge is -2.20. The van der Waals surface area contributed by atoms with Gasteiger partial charge in [-0.25, -0.2) is 15.0 Å². The van der Waals surface area contributed by atoms with Crippen molar-refractivity contribution in [1.29, 1.82) is 0 Å². The van der Waals surface area contributed by atoms with E-state index in [0.717, 1.165) is 93.9 Å². The van der Waals surface area contributed by atoms with Crippen LogP contribution in [0.5, 0.6) is 0 Å². The zero-order chi connectivity index (χ0) is 39.6. The first kappa shape index (κ1) is 33.9. The number of aromatic nitrogens is 3. The summed E-state index contributed by atoms with van der Waals surface area (Å²) in [7, 11) is 0. The van der Waals surface area contributed by atoms with Crippen LogP contribution in [0.3, 0.4) is 0 Å². The van der Waals surface area contributed by atoms with Crippen molar-refractivity contribution in [3.8, 4) is 67.5 Å². The Bertz CT molecular complexity index is 3470. The van der Waals surface area contributed by atoms with Gasteiger partial charge in [0.1, 0.15) is 22.3 Å². The number of rotatable bonds is 6. The molecule has 12 aromatic rings. The van der Waals surface area contributed by atoms with Gasteiger partial charge >= 0.3 is 0 Å². The molecule has 60 heavy (non-hydrogen) atoms. The van der Waals surface area contributed by atoms with Gasteiger partial charge in [0.2, 0.25) is 0 Å². The van der Waals surface area contributed by atoms with Crippen molar-refractivity contribution in [2.45, 2.75) is 0 Å². The lowest BCUT2D eigenvalue weighted by molar-refractivity contribution is 0.669. The molecule has 5 heteroatoms. The second-order valence-corrected chi connectivity index (χ2v) is 15.0. The van der Waals surface area contributed by atoms with Crippen molar-refractivity contribution in [2.24, 2.45) is 0 Å². The molecule has 0 saturated heterocycles. The quantitative estimate of drug-likeness (QED) is 0.169. The van der Waals surface area contributed by atoms with Gasteiger partial charge in [-0.2, -0.15) is 0 Å². The fraction of sp³-hybridized carbons (Fsp3) is 0. The molecule has 0 aliphatic carbocycles. The molecule has 0 aliphatic heterocycles. The molecule has 0 radical (unpaired) electrons. The Labute approximate surface area is 344 Å². The molecule has 0 unspecified atom stereocenters. The fourth-order valence-corrected chi connectivity index (χ4v) is 8.87. The van der Waals surface area contributed by atoms with Gasteiger partial charge in [-0.15, -0.1) is 0 Å². The highest BCUT2D eigenvalue weighted by atomic mass is 16.3. The van der Waals surface area contributed by atoms with Crippen LogP contribution in [-0.4, -0.2) is 15.0 Å². The van der Waals surface area contributed by atoms with E-state index in [0.29, 0.717) is 17.5 Å². The first-order valence-corrected chi connectivity index (χ1v) is 20.1. The summed E-state index contributed by atoms with van der Waals surface area (Å²) in [5.41, 5.74) is 12.1. The number of furan rings is 2. The molecule has 0 N–H and O–H groups in total. The minimum atomic E-state index is 0.507. The van der Waals surface area contributed by atoms with E-state index in [2.05, 4.69) is 140 Å². The molecule has 0 saturated carbocycles. The highest BCUT2D eigenvalue weighted by Gasteiger charge is 2.24. The van der Waals surface area contributed by atoms with Crippen LogP contribution < -0.4 is 0 Å². The Morgan fingerprint density at radius 2 is 0.717 bits per heavy atom. The molecule has 0 amide bonds. The van der Waals surface area contributed by atoms with E-state index in [1.54, 1.807) is 0 Å². The number of hydrogen-bond acceptors (Lipinski definition) is 5. The van der Waals surface area contributed by atoms with Crippen molar-refractivity contribution in [2.75, 3.05) is 0 Å². The number of hydrogen-bond donors (Lipinski definition) is 0. The molecule has 0 bridgehead atoms. The highest BCUT2D eigenvalue weighted by molar-refractivity contribution is 6.12. The van der Waals surface area contributed by atoms with Gasteiger partial charge in [-0.05, 0) is 62.9 Å². The van der Waals surface area contributed by atoms with E-state index in [4.69, 9.17) is 23.8 Å². The second kappa shape index (κ2) is 13.8. The number of para-hydroxylation sites is 4. The predicted molar refractivity (Wildman–Crippen MR) is 245 cm³/mol. The third-order valence-corrected chi connectivity index (χ3v) is 11.6. The first-order chi connectivity index (χ1) is 29.8. The van der Waals surface area contributed by atoms with Crippen molar-refractivity contribution in [3.63, 3.8) is 0 Å². The van der Waals surface area contributed by atoms with Gasteiger partial charge in [0, 0.05) is 32.7 Å². The molecule has 9 aromatic carbocycles. The van der Waals surface area contributed by atoms with Crippen LogP contribution in [-0.2, 0) is 0 Å². The summed E-state index contributed by atoms with van der Waals surface area (Å²) < 4.78 is 13.2. The van der Waals surface area contributed by atoms with Gasteiger partial charge in [0.15, 0.2) is 17.5 Å². The van der Waals surface area contributed by atoms with Crippen LogP contribution in [0.15, 0.2) is 209 Å². The van der Waals surface area contributed by atoms with E-state index in [-0.39, 0.29) is 0 Å². The molecule has 280 valence electrons. The van der Waals surface area contributed by atoms with Gasteiger partial charge < -0.3 is 8.83 Å². The van der Waals surface area contributed by atoms with Gasteiger partial charge in [0.05, 0.1) is 11.1 Å². The van der Waals surface area contributed by atoms with E-state index in [1.165, 1.54) is 10.8 Å². The number of fused-ring (bicyclic) bond motifs is 7. The summed E-state index contributed by atoms with van der Waals surface area (Å²) in [5.74, 6) is 1.55. The standard InChI is InChI=1S/C55H33N3O2/c1-3-16-34(17-4-1)38-33-32-35-18-7-8-21-37(35)50(38)43-26-15-27-44(49(43)36-19-5-2-6-20-36)53-56-54(45-28-13-24-41-39-22-9-11-30-47(39)59-51(41)45)58-55(57-53)46-29-14-25-42-40-23-10-12-31-48(40)60-52(42)46/h1-33H. The predicted octanol–water partition coefficient (Wildman–Crippen LogP) is 14.8. The van der Waals surface area contributed by atoms with Crippen LogP contribution in [0.1, 0.15) is 0 Å². The van der Waals surface area contributed by atoms with Crippen molar-refractivity contribution in [1.82, 2.24) is 15.0 Å². The maximum absolute atomic E-state index is 6.59. The Morgan fingerprint density at radius 1 is 0.267 bits per heavy atom. The molecule has 0 fully saturated rings. The topological polar surface area (TPSA) is 65.0 Å². The Kier molecular flexibility index (Phi) is 7.78. The molecule has 0 aliphatic rings. The van der Waals surface area contributed by atoms with Crippen LogP contribution in [0, 0.1) is 0 Å². The van der Waals surface area contributed by atoms with Gasteiger partial charge in [-0.3, -0.25) is 0 Å². The molecule has 3 heterocycles. The minimum Gasteiger partial charge on any atom is -0.455 e. The molecule has 0 atom stereocenters. The maximum atomic E-state index is 6.59. The average Bonchev–Trinajstić information content (AvgIpc) is 3.90. The monoisotopic (exact) mass is 767 g/mol. The Balaban J connectivity index is 1.18. The fourth-order valence-electron chi connectivity index (χ4n) is 8.87. The van der Waals surface area contributed by atoms with Gasteiger partial charge in [0.25, 0.3) is 0 Å². The van der Waals surface area contributed by atoms with Crippen LogP contribution in [0.2, 0.25) is 0 Å². The Hall–Kier alpha value is -8.15. The second-order valence-electron chi connectivity index (χ2n) is 15.0. The molecule has 0 spiro atoms. The highest BCUT2D eigenvalue weighted by Crippen LogP contribution is 2.46. The smallest absolute Gasteiger partial charge is 0.167 e. The molecular formula is C55H33N3O2. The van der Waals surface area contributed by atoms with Crippen LogP contribution in [0.4, 0.5) is 0 Å². The van der Waals surface area contributed by atoms with Crippen molar-refractivity contribution in [3.05, 3.63) is 200 Å². The lowest BCUT2D eigenvalue weighted by Crippen LogP contribution is -2.02. The van der Waals surface area contributed by atoms with E-state index in [9.17, 15) is 0 Å². The third kappa shape index (κ3) is 5.44. The zero-order valence-corrected chi connectivity index (χ0v) is 32.2. The number of nitrogens with zero attached hydrogens (tertiary/aromatic N) is 3. The summed E-state index contributed by atoms with van der Waals surface area (Å²) in [4.78, 5) is 16.1. The normalized spacial score (nSPS) is 11.7. The Morgan fingerprint density at radius 3 is 1.33 bits per heavy atom. The third-order valence-electron chi connectivity index (χ3n) is 11.6. The first-order valence-electron chi connectivity index (χ1n) is 20.1. The summed E-state index contributed by atoms with van der Waals surface area (Å²) in [5, 5.41) is 6.42. The summed E-state index contributed by atoms with van der Waals surface area (Å²) in [6.45, 7) is 0. The largest absolute Gasteiger partial charge is 0.455 e.